The van der Waals surface area contributed by atoms with Crippen LogP contribution in [0.15, 0.2) is 6.20 Å². The summed E-state index contributed by atoms with van der Waals surface area (Å²) in [5, 5.41) is 5.47. The second kappa shape index (κ2) is 8.02. The largest absolute Gasteiger partial charge is 0.444 e. The Morgan fingerprint density at radius 3 is 2.29 bits per heavy atom. The van der Waals surface area contributed by atoms with E-state index in [1.165, 1.54) is 17.5 Å². The normalized spacial score (nSPS) is 11.1. The molecule has 0 saturated heterocycles. The minimum Gasteiger partial charge on any atom is -0.444 e. The minimum atomic E-state index is -0.572. The highest BCUT2D eigenvalue weighted by atomic mass is 32.1. The molecular weight excluding hydrogens is 330 g/mol. The lowest BCUT2D eigenvalue weighted by molar-refractivity contribution is 0.0534. The second-order valence-electron chi connectivity index (χ2n) is 6.81. The van der Waals surface area contributed by atoms with Gasteiger partial charge in [0.15, 0.2) is 5.13 Å². The first-order valence-corrected chi connectivity index (χ1v) is 8.18. The first-order valence-electron chi connectivity index (χ1n) is 7.36. The molecule has 0 aromatic carbocycles. The number of carbonyl (C=O) groups is 2. The molecule has 7 nitrogen and oxygen atoms in total. The van der Waals surface area contributed by atoms with E-state index in [9.17, 15) is 9.59 Å². The molecule has 0 spiro atoms. The van der Waals surface area contributed by atoms with E-state index < -0.39 is 23.4 Å². The predicted molar refractivity (Wildman–Crippen MR) is 93.1 cm³/mol. The van der Waals surface area contributed by atoms with Gasteiger partial charge < -0.3 is 14.8 Å². The van der Waals surface area contributed by atoms with Crippen LogP contribution in [0.5, 0.6) is 0 Å². The molecule has 0 saturated carbocycles. The smallest absolute Gasteiger partial charge is 0.413 e. The number of thiazole rings is 1. The first kappa shape index (κ1) is 19.8. The molecule has 24 heavy (non-hydrogen) atoms. The molecule has 0 aliphatic heterocycles. The maximum absolute atomic E-state index is 11.6. The van der Waals surface area contributed by atoms with Crippen molar-refractivity contribution in [2.24, 2.45) is 0 Å². The molecule has 0 aliphatic carbocycles. The fraction of sp³-hybridized carbons (Fsp3) is 0.562. The van der Waals surface area contributed by atoms with Crippen LogP contribution in [0.25, 0.3) is 0 Å². The number of carbonyl (C=O) groups excluding carboxylic acids is 2. The standard InChI is InChI=1S/C16H23N3O4S/c1-15(2,3)22-13(20)17-9-7-8-11-10-18-12(24-11)19-14(21)23-16(4,5)6/h10H,9H2,1-6H3,(H,17,20)(H,18,19,21). The molecule has 1 aromatic rings. The van der Waals surface area contributed by atoms with Crippen molar-refractivity contribution in [2.45, 2.75) is 52.7 Å². The predicted octanol–water partition coefficient (Wildman–Crippen LogP) is 3.37. The number of ether oxygens (including phenoxy) is 2. The molecule has 1 heterocycles. The Bertz CT molecular complexity index is 645. The molecule has 0 fully saturated rings. The second-order valence-corrected chi connectivity index (χ2v) is 7.84. The van der Waals surface area contributed by atoms with E-state index in [-0.39, 0.29) is 6.54 Å². The van der Waals surface area contributed by atoms with E-state index in [2.05, 4.69) is 27.5 Å². The zero-order chi connectivity index (χ0) is 18.4. The Balaban J connectivity index is 2.45. The summed E-state index contributed by atoms with van der Waals surface area (Å²) in [6, 6.07) is 0. The van der Waals surface area contributed by atoms with Crippen LogP contribution >= 0.6 is 11.3 Å². The van der Waals surface area contributed by atoms with Crippen molar-refractivity contribution in [3.05, 3.63) is 11.1 Å². The maximum Gasteiger partial charge on any atom is 0.413 e. The van der Waals surface area contributed by atoms with Gasteiger partial charge in [-0.15, -0.1) is 0 Å². The maximum atomic E-state index is 11.6. The van der Waals surface area contributed by atoms with Crippen LogP contribution < -0.4 is 10.6 Å². The van der Waals surface area contributed by atoms with Gasteiger partial charge in [0.05, 0.1) is 17.6 Å². The number of hydrogen-bond donors (Lipinski definition) is 2. The van der Waals surface area contributed by atoms with Gasteiger partial charge in [-0.05, 0) is 41.5 Å². The zero-order valence-corrected chi connectivity index (χ0v) is 15.6. The summed E-state index contributed by atoms with van der Waals surface area (Å²) in [5.41, 5.74) is -1.12. The fourth-order valence-electron chi connectivity index (χ4n) is 1.34. The molecule has 0 radical (unpaired) electrons. The molecule has 2 amide bonds. The lowest BCUT2D eigenvalue weighted by Gasteiger charge is -2.19. The van der Waals surface area contributed by atoms with E-state index in [4.69, 9.17) is 9.47 Å². The summed E-state index contributed by atoms with van der Waals surface area (Å²) < 4.78 is 10.2. The SMILES string of the molecule is CC(C)(C)OC(=O)NCC#Cc1cnc(NC(=O)OC(C)(C)C)s1. The fourth-order valence-corrected chi connectivity index (χ4v) is 2.02. The third-order valence-electron chi connectivity index (χ3n) is 2.05. The van der Waals surface area contributed by atoms with Crippen molar-refractivity contribution in [3.63, 3.8) is 0 Å². The van der Waals surface area contributed by atoms with Gasteiger partial charge in [-0.2, -0.15) is 0 Å². The molecule has 0 atom stereocenters. The quantitative estimate of drug-likeness (QED) is 0.796. The zero-order valence-electron chi connectivity index (χ0n) is 14.8. The summed E-state index contributed by atoms with van der Waals surface area (Å²) in [6.07, 6.45) is 0.453. The molecule has 132 valence electrons. The molecule has 2 N–H and O–H groups in total. The van der Waals surface area contributed by atoms with E-state index in [0.29, 0.717) is 10.0 Å². The van der Waals surface area contributed by atoms with E-state index in [1.54, 1.807) is 41.5 Å². The minimum absolute atomic E-state index is 0.154. The van der Waals surface area contributed by atoms with Gasteiger partial charge in [0.1, 0.15) is 11.2 Å². The number of anilines is 1. The van der Waals surface area contributed by atoms with Crippen LogP contribution in [0.3, 0.4) is 0 Å². The summed E-state index contributed by atoms with van der Waals surface area (Å²) in [7, 11) is 0. The highest BCUT2D eigenvalue weighted by Gasteiger charge is 2.17. The Morgan fingerprint density at radius 2 is 1.71 bits per heavy atom. The topological polar surface area (TPSA) is 89.5 Å². The van der Waals surface area contributed by atoms with Crippen LogP contribution in [0.2, 0.25) is 0 Å². The third-order valence-corrected chi connectivity index (χ3v) is 2.87. The number of nitrogens with one attached hydrogen (secondary N) is 2. The molecule has 8 heteroatoms. The highest BCUT2D eigenvalue weighted by Crippen LogP contribution is 2.18. The van der Waals surface area contributed by atoms with Gasteiger partial charge in [-0.3, -0.25) is 5.32 Å². The third kappa shape index (κ3) is 9.00. The van der Waals surface area contributed by atoms with E-state index in [1.807, 2.05) is 0 Å². The average molecular weight is 353 g/mol. The van der Waals surface area contributed by atoms with Crippen LogP contribution in [0.4, 0.5) is 14.7 Å². The first-order chi connectivity index (χ1) is 10.9. The number of alkyl carbamates (subject to hydrolysis) is 1. The van der Waals surface area contributed by atoms with Crippen molar-refractivity contribution in [1.82, 2.24) is 10.3 Å². The summed E-state index contributed by atoms with van der Waals surface area (Å²) in [6.45, 7) is 10.9. The van der Waals surface area contributed by atoms with Gasteiger partial charge >= 0.3 is 12.2 Å². The van der Waals surface area contributed by atoms with Gasteiger partial charge in [0.2, 0.25) is 0 Å². The average Bonchev–Trinajstić information content (AvgIpc) is 2.77. The number of aromatic nitrogens is 1. The van der Waals surface area contributed by atoms with Crippen molar-refractivity contribution in [3.8, 4) is 11.8 Å². The number of nitrogens with zero attached hydrogens (tertiary/aromatic N) is 1. The summed E-state index contributed by atoms with van der Waals surface area (Å²) >= 11 is 1.22. The Hall–Kier alpha value is -2.27. The number of amides is 2. The Morgan fingerprint density at radius 1 is 1.12 bits per heavy atom. The van der Waals surface area contributed by atoms with Crippen LogP contribution in [0, 0.1) is 11.8 Å². The summed E-state index contributed by atoms with van der Waals surface area (Å²) in [4.78, 5) is 27.8. The van der Waals surface area contributed by atoms with Gasteiger partial charge in [0.25, 0.3) is 0 Å². The van der Waals surface area contributed by atoms with Crippen LogP contribution in [-0.2, 0) is 9.47 Å². The molecule has 0 aliphatic rings. The monoisotopic (exact) mass is 353 g/mol. The molecule has 0 unspecified atom stereocenters. The van der Waals surface area contributed by atoms with Crippen LogP contribution in [-0.4, -0.2) is 34.9 Å². The van der Waals surface area contributed by atoms with Crippen LogP contribution in [0.1, 0.15) is 46.4 Å². The molecule has 0 bridgehead atoms. The van der Waals surface area contributed by atoms with E-state index in [0.717, 1.165) is 0 Å². The lowest BCUT2D eigenvalue weighted by Crippen LogP contribution is -2.32. The highest BCUT2D eigenvalue weighted by molar-refractivity contribution is 7.16. The lowest BCUT2D eigenvalue weighted by atomic mass is 10.2. The number of hydrogen-bond acceptors (Lipinski definition) is 6. The van der Waals surface area contributed by atoms with Crippen molar-refractivity contribution in [2.75, 3.05) is 11.9 Å². The van der Waals surface area contributed by atoms with Crippen molar-refractivity contribution < 1.29 is 19.1 Å². The van der Waals surface area contributed by atoms with E-state index >= 15 is 0 Å². The summed E-state index contributed by atoms with van der Waals surface area (Å²) in [5.74, 6) is 5.64. The Kier molecular flexibility index (Phi) is 6.60. The molecule has 1 aromatic heterocycles. The molecular formula is C16H23N3O4S. The Labute approximate surface area is 146 Å². The molecule has 1 rings (SSSR count). The van der Waals surface area contributed by atoms with Gasteiger partial charge in [-0.1, -0.05) is 23.2 Å². The van der Waals surface area contributed by atoms with Gasteiger partial charge in [0, 0.05) is 0 Å². The van der Waals surface area contributed by atoms with Crippen molar-refractivity contribution >= 4 is 28.7 Å². The van der Waals surface area contributed by atoms with Gasteiger partial charge in [-0.25, -0.2) is 14.6 Å². The van der Waals surface area contributed by atoms with Crippen molar-refractivity contribution in [1.29, 1.82) is 0 Å². The number of rotatable bonds is 2.